The number of aryl methyl sites for hydroxylation is 1. The molecule has 0 saturated heterocycles. The molecule has 1 aromatic rings. The topological polar surface area (TPSA) is 83.5 Å². The highest BCUT2D eigenvalue weighted by atomic mass is 32.2. The van der Waals surface area contributed by atoms with Crippen LogP contribution in [0.5, 0.6) is 5.75 Å². The molecule has 0 aliphatic heterocycles. The minimum absolute atomic E-state index is 0.00734. The third-order valence-corrected chi connectivity index (χ3v) is 9.45. The van der Waals surface area contributed by atoms with Crippen LogP contribution in [0, 0.1) is 35.0 Å². The zero-order valence-electron chi connectivity index (χ0n) is 19.4. The number of hydrogen-bond donors (Lipinski definition) is 2. The molecule has 1 aromatic carbocycles. The number of rotatable bonds is 4. The lowest BCUT2D eigenvalue weighted by atomic mass is 9.38. The van der Waals surface area contributed by atoms with Gasteiger partial charge in [0.1, 0.15) is 5.75 Å². The van der Waals surface area contributed by atoms with Gasteiger partial charge in [0.25, 0.3) is 0 Å². The fraction of sp³-hybridized carbons (Fsp3) is 0.708. The summed E-state index contributed by atoms with van der Waals surface area (Å²) in [4.78, 5) is 14.0. The molecule has 0 amide bonds. The van der Waals surface area contributed by atoms with Gasteiger partial charge < -0.3 is 5.11 Å². The number of carbonyl (C=O) groups excluding carboxylic acids is 1. The van der Waals surface area contributed by atoms with E-state index >= 15 is 0 Å². The van der Waals surface area contributed by atoms with Crippen LogP contribution in [0.25, 0.3) is 0 Å². The summed E-state index contributed by atoms with van der Waals surface area (Å²) in [7, 11) is -3.41. The Morgan fingerprint density at radius 3 is 2.33 bits per heavy atom. The summed E-state index contributed by atoms with van der Waals surface area (Å²) < 4.78 is 27.2. The molecule has 5 atom stereocenters. The molecule has 30 heavy (non-hydrogen) atoms. The van der Waals surface area contributed by atoms with Crippen molar-refractivity contribution in [3.63, 3.8) is 0 Å². The molecule has 2 aliphatic rings. The number of sulfonamides is 1. The van der Waals surface area contributed by atoms with Gasteiger partial charge in [0.2, 0.25) is 10.0 Å². The van der Waals surface area contributed by atoms with Crippen molar-refractivity contribution < 1.29 is 18.3 Å². The predicted molar refractivity (Wildman–Crippen MR) is 120 cm³/mol. The van der Waals surface area contributed by atoms with Crippen LogP contribution in [-0.4, -0.2) is 31.6 Å². The summed E-state index contributed by atoms with van der Waals surface area (Å²) in [6.07, 6.45) is 4.96. The lowest BCUT2D eigenvalue weighted by molar-refractivity contribution is -0.162. The summed E-state index contributed by atoms with van der Waals surface area (Å²) >= 11 is 0. The van der Waals surface area contributed by atoms with Gasteiger partial charge in [-0.3, -0.25) is 4.79 Å². The Morgan fingerprint density at radius 1 is 1.13 bits per heavy atom. The molecule has 0 heterocycles. The second-order valence-electron chi connectivity index (χ2n) is 10.9. The number of Topliss-reactive ketones (excluding diaryl/α,β-unsaturated/α-hetero) is 1. The van der Waals surface area contributed by atoms with Gasteiger partial charge in [-0.05, 0) is 72.1 Å². The van der Waals surface area contributed by atoms with E-state index in [1.54, 1.807) is 12.1 Å². The summed E-state index contributed by atoms with van der Waals surface area (Å²) in [5, 5.41) is 10.1. The first kappa shape index (κ1) is 23.3. The summed E-state index contributed by atoms with van der Waals surface area (Å²) in [6.45, 7) is 12.9. The van der Waals surface area contributed by atoms with E-state index in [2.05, 4.69) is 32.4 Å². The Morgan fingerprint density at radius 2 is 1.77 bits per heavy atom. The first-order chi connectivity index (χ1) is 13.6. The van der Waals surface area contributed by atoms with Crippen molar-refractivity contribution in [2.45, 2.75) is 73.3 Å². The first-order valence-electron chi connectivity index (χ1n) is 10.9. The molecular formula is C24H37NO4S. The van der Waals surface area contributed by atoms with E-state index < -0.39 is 10.0 Å². The molecule has 0 spiro atoms. The Kier molecular flexibility index (Phi) is 5.69. The normalized spacial score (nSPS) is 36.2. The number of benzene rings is 1. The molecule has 0 aromatic heterocycles. The monoisotopic (exact) mass is 435 g/mol. The molecule has 0 bridgehead atoms. The minimum Gasteiger partial charge on any atom is -0.508 e. The van der Waals surface area contributed by atoms with Gasteiger partial charge in [-0.2, -0.15) is 0 Å². The quantitative estimate of drug-likeness (QED) is 0.673. The van der Waals surface area contributed by atoms with Crippen LogP contribution in [0.15, 0.2) is 18.2 Å². The third kappa shape index (κ3) is 3.70. The summed E-state index contributed by atoms with van der Waals surface area (Å²) in [5.74, 6) is -0.393. The van der Waals surface area contributed by atoms with Crippen LogP contribution >= 0.6 is 0 Å². The van der Waals surface area contributed by atoms with Gasteiger partial charge >= 0.3 is 0 Å². The number of ketones is 1. The van der Waals surface area contributed by atoms with Gasteiger partial charge in [-0.1, -0.05) is 41.0 Å². The van der Waals surface area contributed by atoms with Crippen LogP contribution in [0.4, 0.5) is 0 Å². The zero-order valence-corrected chi connectivity index (χ0v) is 20.2. The Hall–Kier alpha value is -1.40. The number of hydrogen-bond acceptors (Lipinski definition) is 4. The molecule has 2 fully saturated rings. The second kappa shape index (κ2) is 7.33. The van der Waals surface area contributed by atoms with E-state index in [1.807, 2.05) is 19.9 Å². The van der Waals surface area contributed by atoms with Crippen molar-refractivity contribution in [3.05, 3.63) is 29.3 Å². The molecule has 168 valence electrons. The van der Waals surface area contributed by atoms with Gasteiger partial charge in [0.15, 0.2) is 5.78 Å². The van der Waals surface area contributed by atoms with Gasteiger partial charge in [0.05, 0.1) is 6.26 Å². The molecule has 0 unspecified atom stereocenters. The van der Waals surface area contributed by atoms with Gasteiger partial charge in [-0.15, -0.1) is 0 Å². The van der Waals surface area contributed by atoms with Crippen LogP contribution < -0.4 is 4.72 Å². The maximum Gasteiger partial charge on any atom is 0.208 e. The van der Waals surface area contributed by atoms with Crippen molar-refractivity contribution in [1.82, 2.24) is 4.72 Å². The van der Waals surface area contributed by atoms with E-state index in [4.69, 9.17) is 0 Å². The molecule has 2 N–H and O–H groups in total. The number of aromatic hydroxyl groups is 1. The highest BCUT2D eigenvalue weighted by Crippen LogP contribution is 2.68. The zero-order chi connectivity index (χ0) is 22.7. The second-order valence-corrected chi connectivity index (χ2v) is 12.7. The Labute approximate surface area is 181 Å². The Bertz CT molecular complexity index is 934. The number of phenolic OH excluding ortho intramolecular Hbond substituents is 1. The van der Waals surface area contributed by atoms with Crippen LogP contribution in [-0.2, 0) is 10.0 Å². The predicted octanol–water partition coefficient (Wildman–Crippen LogP) is 4.68. The fourth-order valence-corrected chi connectivity index (χ4v) is 7.55. The van der Waals surface area contributed by atoms with Gasteiger partial charge in [-0.25, -0.2) is 13.1 Å². The van der Waals surface area contributed by atoms with Crippen LogP contribution in [0.3, 0.4) is 0 Å². The molecule has 0 radical (unpaired) electrons. The minimum atomic E-state index is -3.41. The smallest absolute Gasteiger partial charge is 0.208 e. The summed E-state index contributed by atoms with van der Waals surface area (Å²) in [5.41, 5.74) is 0.852. The summed E-state index contributed by atoms with van der Waals surface area (Å²) in [6, 6.07) is 4.72. The molecular weight excluding hydrogens is 398 g/mol. The number of fused-ring (bicyclic) bond motifs is 1. The highest BCUT2D eigenvalue weighted by molar-refractivity contribution is 7.88. The van der Waals surface area contributed by atoms with Gasteiger partial charge in [0, 0.05) is 17.5 Å². The fourth-order valence-electron chi connectivity index (χ4n) is 6.71. The van der Waals surface area contributed by atoms with Crippen LogP contribution in [0.1, 0.15) is 76.2 Å². The largest absolute Gasteiger partial charge is 0.508 e. The lowest BCUT2D eigenvalue weighted by Crippen LogP contribution is -2.65. The van der Waals surface area contributed by atoms with Crippen molar-refractivity contribution in [3.8, 4) is 5.75 Å². The number of phenols is 1. The molecule has 5 nitrogen and oxygen atoms in total. The highest BCUT2D eigenvalue weighted by Gasteiger charge is 2.65. The van der Waals surface area contributed by atoms with E-state index in [0.29, 0.717) is 12.0 Å². The average Bonchev–Trinajstić information content (AvgIpc) is 2.56. The first-order valence-corrected chi connectivity index (χ1v) is 12.8. The van der Waals surface area contributed by atoms with Crippen molar-refractivity contribution in [1.29, 1.82) is 0 Å². The number of nitrogens with one attached hydrogen (secondary N) is 1. The molecule has 2 saturated carbocycles. The standard InChI is InChI=1S/C24H37NO4S/c1-15-11-17(13-18(26)12-15)21(27)20-16(2)19(25-30(7,28)29)14-24(6)22(3,4)9-8-10-23(20,24)5/h11-13,16,19-20,25-26H,8-10,14H2,1-7H3/t16-,19-,20-,23-,24+/m1/s1. The van der Waals surface area contributed by atoms with Crippen molar-refractivity contribution in [2.75, 3.05) is 6.26 Å². The molecule has 2 aliphatic carbocycles. The average molecular weight is 436 g/mol. The molecule has 3 rings (SSSR count). The van der Waals surface area contributed by atoms with Crippen molar-refractivity contribution in [2.24, 2.45) is 28.1 Å². The maximum atomic E-state index is 14.0. The third-order valence-electron chi connectivity index (χ3n) is 8.72. The van der Waals surface area contributed by atoms with E-state index in [0.717, 1.165) is 24.8 Å². The Balaban J connectivity index is 2.17. The number of carbonyl (C=O) groups is 1. The lowest BCUT2D eigenvalue weighted by Gasteiger charge is -2.67. The van der Waals surface area contributed by atoms with E-state index in [-0.39, 0.29) is 45.7 Å². The SMILES string of the molecule is Cc1cc(O)cc(C(=O)[C@H]2[C@H](C)[C@H](NS(C)(=O)=O)C[C@@]3(C)C(C)(C)CCC[C@]23C)c1. The molecule has 6 heteroatoms. The maximum absolute atomic E-state index is 14.0. The van der Waals surface area contributed by atoms with E-state index in [1.165, 1.54) is 6.26 Å². The van der Waals surface area contributed by atoms with Crippen molar-refractivity contribution >= 4 is 15.8 Å². The van der Waals surface area contributed by atoms with E-state index in [9.17, 15) is 18.3 Å². The van der Waals surface area contributed by atoms with Crippen LogP contribution in [0.2, 0.25) is 0 Å².